The molecule has 76 valence electrons. The molecule has 0 heterocycles. The fourth-order valence-corrected chi connectivity index (χ4v) is 4.39. The molecule has 0 N–H and O–H groups in total. The minimum absolute atomic E-state index is 0.153. The summed E-state index contributed by atoms with van der Waals surface area (Å²) in [4.78, 5) is 10.7. The van der Waals surface area contributed by atoms with Crippen molar-refractivity contribution < 1.29 is 9.53 Å². The Labute approximate surface area is 88.2 Å². The normalized spacial score (nSPS) is 24.1. The highest BCUT2D eigenvalue weighted by molar-refractivity contribution is 8.18. The lowest BCUT2D eigenvalue weighted by atomic mass is 10.7. The second-order valence-electron chi connectivity index (χ2n) is 2.98. The Morgan fingerprint density at radius 2 is 2.00 bits per heavy atom. The molecular formula is C9H16O2S2. The highest BCUT2D eigenvalue weighted by Crippen LogP contribution is 2.58. The molecule has 1 aliphatic rings. The first-order valence-electron chi connectivity index (χ1n) is 4.59. The molecule has 0 bridgehead atoms. The highest BCUT2D eigenvalue weighted by atomic mass is 32.2. The van der Waals surface area contributed by atoms with Gasteiger partial charge in [0.25, 0.3) is 0 Å². The minimum Gasteiger partial charge on any atom is -0.460 e. The Morgan fingerprint density at radius 1 is 1.46 bits per heavy atom. The third-order valence-electron chi connectivity index (χ3n) is 1.89. The number of carbonyl (C=O) groups is 1. The van der Waals surface area contributed by atoms with Crippen molar-refractivity contribution >= 4 is 29.5 Å². The summed E-state index contributed by atoms with van der Waals surface area (Å²) in [5, 5.41) is 0. The van der Waals surface area contributed by atoms with Crippen LogP contribution in [0.2, 0.25) is 0 Å². The van der Waals surface area contributed by atoms with Crippen molar-refractivity contribution in [2.45, 2.75) is 37.4 Å². The number of hydrogen-bond acceptors (Lipinski definition) is 4. The van der Waals surface area contributed by atoms with Crippen molar-refractivity contribution in [1.82, 2.24) is 0 Å². The lowest BCUT2D eigenvalue weighted by Gasteiger charge is -2.13. The van der Waals surface area contributed by atoms with Crippen molar-refractivity contribution in [2.24, 2.45) is 0 Å². The standard InChI is InChI=1S/C9H16O2S2/c1-4-12-9(13-5-2)6-8(9)11-7(3)10/h8H,4-6H2,1-3H3. The third-order valence-corrected chi connectivity index (χ3v) is 5.01. The zero-order chi connectivity index (χ0) is 9.90. The number of esters is 1. The number of rotatable bonds is 5. The van der Waals surface area contributed by atoms with Crippen molar-refractivity contribution in [1.29, 1.82) is 0 Å². The van der Waals surface area contributed by atoms with Crippen LogP contribution in [0.15, 0.2) is 0 Å². The Balaban J connectivity index is 2.40. The van der Waals surface area contributed by atoms with E-state index >= 15 is 0 Å². The fraction of sp³-hybridized carbons (Fsp3) is 0.889. The maximum atomic E-state index is 10.7. The van der Waals surface area contributed by atoms with E-state index in [1.165, 1.54) is 6.92 Å². The average Bonchev–Trinajstić information content (AvgIpc) is 2.63. The molecule has 1 saturated carbocycles. The molecule has 1 rings (SSSR count). The van der Waals surface area contributed by atoms with Gasteiger partial charge in [0.1, 0.15) is 10.2 Å². The SMILES string of the molecule is CCSC1(SCC)CC1OC(C)=O. The largest absolute Gasteiger partial charge is 0.460 e. The van der Waals surface area contributed by atoms with E-state index in [-0.39, 0.29) is 16.2 Å². The molecule has 1 aliphatic carbocycles. The lowest BCUT2D eigenvalue weighted by molar-refractivity contribution is -0.142. The van der Waals surface area contributed by atoms with Crippen LogP contribution in [0.1, 0.15) is 27.2 Å². The van der Waals surface area contributed by atoms with Gasteiger partial charge < -0.3 is 4.74 Å². The summed E-state index contributed by atoms with van der Waals surface area (Å²) >= 11 is 3.81. The molecule has 1 unspecified atom stereocenters. The van der Waals surface area contributed by atoms with Crippen molar-refractivity contribution in [3.05, 3.63) is 0 Å². The van der Waals surface area contributed by atoms with Crippen LogP contribution in [0.25, 0.3) is 0 Å². The third kappa shape index (κ3) is 2.81. The zero-order valence-corrected chi connectivity index (χ0v) is 9.96. The molecule has 13 heavy (non-hydrogen) atoms. The summed E-state index contributed by atoms with van der Waals surface area (Å²) in [5.41, 5.74) is 0. The molecule has 0 spiro atoms. The number of ether oxygens (including phenoxy) is 1. The predicted molar refractivity (Wildman–Crippen MR) is 59.2 cm³/mol. The first kappa shape index (κ1) is 11.2. The molecule has 0 aromatic heterocycles. The van der Waals surface area contributed by atoms with E-state index in [1.54, 1.807) is 0 Å². The fourth-order valence-electron chi connectivity index (χ4n) is 1.37. The summed E-state index contributed by atoms with van der Waals surface area (Å²) < 4.78 is 5.39. The van der Waals surface area contributed by atoms with E-state index < -0.39 is 0 Å². The van der Waals surface area contributed by atoms with Gasteiger partial charge in [-0.15, -0.1) is 23.5 Å². The van der Waals surface area contributed by atoms with Crippen LogP contribution in [0, 0.1) is 0 Å². The molecule has 0 amide bonds. The van der Waals surface area contributed by atoms with E-state index in [4.69, 9.17) is 4.74 Å². The Bertz CT molecular complexity index is 188. The van der Waals surface area contributed by atoms with Crippen LogP contribution in [-0.2, 0) is 9.53 Å². The monoisotopic (exact) mass is 220 g/mol. The minimum atomic E-state index is -0.153. The molecular weight excluding hydrogens is 204 g/mol. The second kappa shape index (κ2) is 4.60. The summed E-state index contributed by atoms with van der Waals surface area (Å²) in [6.45, 7) is 5.77. The van der Waals surface area contributed by atoms with E-state index in [1.807, 2.05) is 23.5 Å². The molecule has 0 aromatic rings. The molecule has 1 fully saturated rings. The van der Waals surface area contributed by atoms with Crippen molar-refractivity contribution in [3.8, 4) is 0 Å². The van der Waals surface area contributed by atoms with Gasteiger partial charge in [-0.2, -0.15) is 0 Å². The maximum absolute atomic E-state index is 10.7. The molecule has 2 nitrogen and oxygen atoms in total. The van der Waals surface area contributed by atoms with Crippen molar-refractivity contribution in [3.63, 3.8) is 0 Å². The quantitative estimate of drug-likeness (QED) is 0.525. The van der Waals surface area contributed by atoms with Gasteiger partial charge in [0.2, 0.25) is 0 Å². The summed E-state index contributed by atoms with van der Waals surface area (Å²) in [6.07, 6.45) is 1.17. The Morgan fingerprint density at radius 3 is 2.38 bits per heavy atom. The van der Waals surface area contributed by atoms with Crippen LogP contribution >= 0.6 is 23.5 Å². The van der Waals surface area contributed by atoms with Crippen LogP contribution < -0.4 is 0 Å². The maximum Gasteiger partial charge on any atom is 0.302 e. The van der Waals surface area contributed by atoms with Crippen LogP contribution in [0.4, 0.5) is 0 Å². The Kier molecular flexibility index (Phi) is 3.98. The molecule has 0 radical (unpaired) electrons. The van der Waals surface area contributed by atoms with E-state index in [0.29, 0.717) is 0 Å². The van der Waals surface area contributed by atoms with Gasteiger partial charge in [0.05, 0.1) is 0 Å². The van der Waals surface area contributed by atoms with Gasteiger partial charge >= 0.3 is 5.97 Å². The molecule has 1 atom stereocenters. The zero-order valence-electron chi connectivity index (χ0n) is 8.33. The molecule has 0 aromatic carbocycles. The van der Waals surface area contributed by atoms with Gasteiger partial charge in [-0.05, 0) is 11.5 Å². The number of carbonyl (C=O) groups excluding carboxylic acids is 1. The highest BCUT2D eigenvalue weighted by Gasteiger charge is 2.57. The van der Waals surface area contributed by atoms with Gasteiger partial charge in [-0.3, -0.25) is 4.79 Å². The topological polar surface area (TPSA) is 26.3 Å². The van der Waals surface area contributed by atoms with Gasteiger partial charge in [-0.1, -0.05) is 13.8 Å². The lowest BCUT2D eigenvalue weighted by Crippen LogP contribution is -2.11. The van der Waals surface area contributed by atoms with Crippen molar-refractivity contribution in [2.75, 3.05) is 11.5 Å². The van der Waals surface area contributed by atoms with Crippen LogP contribution in [-0.4, -0.2) is 27.7 Å². The van der Waals surface area contributed by atoms with Gasteiger partial charge in [0, 0.05) is 13.3 Å². The molecule has 0 aliphatic heterocycles. The number of thioether (sulfide) groups is 2. The average molecular weight is 220 g/mol. The molecule has 4 heteroatoms. The van der Waals surface area contributed by atoms with E-state index in [9.17, 15) is 4.79 Å². The summed E-state index contributed by atoms with van der Waals surface area (Å²) in [6, 6.07) is 0. The summed E-state index contributed by atoms with van der Waals surface area (Å²) in [7, 11) is 0. The van der Waals surface area contributed by atoms with E-state index in [2.05, 4.69) is 13.8 Å². The predicted octanol–water partition coefficient (Wildman–Crippen LogP) is 2.52. The van der Waals surface area contributed by atoms with Gasteiger partial charge in [0.15, 0.2) is 0 Å². The smallest absolute Gasteiger partial charge is 0.302 e. The molecule has 0 saturated heterocycles. The van der Waals surface area contributed by atoms with E-state index in [0.717, 1.165) is 17.9 Å². The second-order valence-corrected chi connectivity index (χ2v) is 6.43. The first-order chi connectivity index (χ1) is 6.14. The summed E-state index contributed by atoms with van der Waals surface area (Å²) in [5.74, 6) is 2.02. The Hall–Kier alpha value is 0.170. The van der Waals surface area contributed by atoms with Gasteiger partial charge in [-0.25, -0.2) is 0 Å². The van der Waals surface area contributed by atoms with Crippen LogP contribution in [0.3, 0.4) is 0 Å². The van der Waals surface area contributed by atoms with Crippen LogP contribution in [0.5, 0.6) is 0 Å². The number of hydrogen-bond donors (Lipinski definition) is 0. The first-order valence-corrected chi connectivity index (χ1v) is 6.57.